The van der Waals surface area contributed by atoms with Crippen LogP contribution in [-0.4, -0.2) is 29.9 Å². The van der Waals surface area contributed by atoms with Crippen molar-refractivity contribution in [2.75, 3.05) is 13.1 Å². The smallest absolute Gasteiger partial charge is 0.222 e. The molecule has 20 heavy (non-hydrogen) atoms. The van der Waals surface area contributed by atoms with Crippen LogP contribution in [0.15, 0.2) is 24.3 Å². The maximum atomic E-state index is 12.3. The molecule has 1 saturated heterocycles. The minimum Gasteiger partial charge on any atom is -0.342 e. The number of rotatable bonds is 3. The van der Waals surface area contributed by atoms with E-state index in [2.05, 4.69) is 45.0 Å². The fourth-order valence-electron chi connectivity index (χ4n) is 2.86. The van der Waals surface area contributed by atoms with Crippen molar-refractivity contribution in [1.82, 2.24) is 4.90 Å². The number of carbonyl (C=O) groups is 1. The van der Waals surface area contributed by atoms with E-state index in [1.165, 1.54) is 11.1 Å². The van der Waals surface area contributed by atoms with Gasteiger partial charge in [0.1, 0.15) is 0 Å². The van der Waals surface area contributed by atoms with Crippen molar-refractivity contribution in [1.29, 1.82) is 0 Å². The average molecular weight is 274 g/mol. The lowest BCUT2D eigenvalue weighted by atomic mass is 9.79. The Labute approximate surface area is 122 Å². The largest absolute Gasteiger partial charge is 0.342 e. The summed E-state index contributed by atoms with van der Waals surface area (Å²) in [7, 11) is 0. The van der Waals surface area contributed by atoms with Gasteiger partial charge >= 0.3 is 0 Å². The molecule has 0 bridgehead atoms. The number of nitrogens with two attached hydrogens (primary N) is 1. The number of hydrogen-bond donors (Lipinski definition) is 1. The van der Waals surface area contributed by atoms with Crippen LogP contribution in [0.1, 0.15) is 37.8 Å². The van der Waals surface area contributed by atoms with Crippen LogP contribution in [0.2, 0.25) is 0 Å². The number of amides is 1. The van der Waals surface area contributed by atoms with Gasteiger partial charge in [0.25, 0.3) is 0 Å². The molecule has 110 valence electrons. The fraction of sp³-hybridized carbons (Fsp3) is 0.588. The highest BCUT2D eigenvalue weighted by atomic mass is 16.2. The third kappa shape index (κ3) is 3.60. The first-order valence-corrected chi connectivity index (χ1v) is 7.47. The molecule has 3 nitrogen and oxygen atoms in total. The third-order valence-corrected chi connectivity index (χ3v) is 4.37. The van der Waals surface area contributed by atoms with Crippen molar-refractivity contribution in [3.8, 4) is 0 Å². The molecule has 1 aromatic rings. The normalized spacial score (nSPS) is 21.8. The third-order valence-electron chi connectivity index (χ3n) is 4.37. The molecule has 0 spiro atoms. The Kier molecular flexibility index (Phi) is 4.48. The zero-order valence-corrected chi connectivity index (χ0v) is 12.9. The summed E-state index contributed by atoms with van der Waals surface area (Å²) in [5.41, 5.74) is 8.64. The van der Waals surface area contributed by atoms with Crippen LogP contribution < -0.4 is 5.73 Å². The minimum atomic E-state index is 0.0250. The van der Waals surface area contributed by atoms with Crippen LogP contribution >= 0.6 is 0 Å². The van der Waals surface area contributed by atoms with Gasteiger partial charge in [0.05, 0.1) is 0 Å². The summed E-state index contributed by atoms with van der Waals surface area (Å²) < 4.78 is 0. The molecule has 2 N–H and O–H groups in total. The molecule has 0 saturated carbocycles. The summed E-state index contributed by atoms with van der Waals surface area (Å²) >= 11 is 0. The van der Waals surface area contributed by atoms with E-state index in [9.17, 15) is 4.79 Å². The van der Waals surface area contributed by atoms with Crippen LogP contribution in [0.4, 0.5) is 0 Å². The van der Waals surface area contributed by atoms with Gasteiger partial charge in [-0.15, -0.1) is 0 Å². The fourth-order valence-corrected chi connectivity index (χ4v) is 2.86. The Morgan fingerprint density at radius 3 is 2.85 bits per heavy atom. The number of hydrogen-bond acceptors (Lipinski definition) is 2. The Morgan fingerprint density at radius 2 is 2.20 bits per heavy atom. The first-order chi connectivity index (χ1) is 9.38. The van der Waals surface area contributed by atoms with Crippen molar-refractivity contribution in [3.05, 3.63) is 35.4 Å². The molecule has 1 aliphatic rings. The Morgan fingerprint density at radius 1 is 1.45 bits per heavy atom. The van der Waals surface area contributed by atoms with Crippen molar-refractivity contribution in [3.63, 3.8) is 0 Å². The SMILES string of the molecule is Cc1cccc(CCC(=O)N2CCC(N)C(C)(C)C2)c1. The summed E-state index contributed by atoms with van der Waals surface area (Å²) in [5.74, 6) is 0.256. The van der Waals surface area contributed by atoms with E-state index < -0.39 is 0 Å². The molecule has 2 rings (SSSR count). The van der Waals surface area contributed by atoms with Gasteiger partial charge in [-0.25, -0.2) is 0 Å². The molecule has 0 aliphatic carbocycles. The van der Waals surface area contributed by atoms with Crippen molar-refractivity contribution >= 4 is 5.91 Å². The van der Waals surface area contributed by atoms with Gasteiger partial charge in [0.15, 0.2) is 0 Å². The Hall–Kier alpha value is -1.35. The minimum absolute atomic E-state index is 0.0250. The summed E-state index contributed by atoms with van der Waals surface area (Å²) in [6, 6.07) is 8.58. The molecule has 1 aliphatic heterocycles. The van der Waals surface area contributed by atoms with Crippen LogP contribution in [-0.2, 0) is 11.2 Å². The predicted molar refractivity (Wildman–Crippen MR) is 82.5 cm³/mol. The van der Waals surface area contributed by atoms with Crippen molar-refractivity contribution in [2.45, 2.75) is 46.1 Å². The maximum absolute atomic E-state index is 12.3. The van der Waals surface area contributed by atoms with Gasteiger partial charge in [-0.05, 0) is 30.7 Å². The highest BCUT2D eigenvalue weighted by Crippen LogP contribution is 2.28. The molecule has 1 unspecified atom stereocenters. The quantitative estimate of drug-likeness (QED) is 0.920. The molecular weight excluding hydrogens is 248 g/mol. The summed E-state index contributed by atoms with van der Waals surface area (Å²) in [6.45, 7) is 7.97. The topological polar surface area (TPSA) is 46.3 Å². The predicted octanol–water partition coefficient (Wildman–Crippen LogP) is 2.51. The van der Waals surface area contributed by atoms with Gasteiger partial charge in [0, 0.05) is 25.6 Å². The van der Waals surface area contributed by atoms with E-state index in [1.807, 2.05) is 4.90 Å². The molecule has 1 heterocycles. The first kappa shape index (κ1) is 15.0. The molecule has 0 aromatic heterocycles. The first-order valence-electron chi connectivity index (χ1n) is 7.47. The second-order valence-corrected chi connectivity index (χ2v) is 6.69. The van der Waals surface area contributed by atoms with Crippen molar-refractivity contribution < 1.29 is 4.79 Å². The number of benzene rings is 1. The lowest BCUT2D eigenvalue weighted by Gasteiger charge is -2.42. The van der Waals surface area contributed by atoms with Crippen LogP contribution in [0.5, 0.6) is 0 Å². The molecular formula is C17H26N2O. The number of likely N-dealkylation sites (tertiary alicyclic amines) is 1. The highest BCUT2D eigenvalue weighted by Gasteiger charge is 2.34. The zero-order chi connectivity index (χ0) is 14.8. The van der Waals surface area contributed by atoms with Gasteiger partial charge in [-0.2, -0.15) is 0 Å². The molecule has 1 aromatic carbocycles. The van der Waals surface area contributed by atoms with E-state index in [1.54, 1.807) is 0 Å². The number of piperidine rings is 1. The van der Waals surface area contributed by atoms with E-state index in [0.29, 0.717) is 6.42 Å². The van der Waals surface area contributed by atoms with Crippen LogP contribution in [0, 0.1) is 12.3 Å². The summed E-state index contributed by atoms with van der Waals surface area (Å²) in [4.78, 5) is 14.3. The van der Waals surface area contributed by atoms with Crippen molar-refractivity contribution in [2.24, 2.45) is 11.1 Å². The second kappa shape index (κ2) is 5.96. The van der Waals surface area contributed by atoms with Gasteiger partial charge < -0.3 is 10.6 Å². The maximum Gasteiger partial charge on any atom is 0.222 e. The summed E-state index contributed by atoms with van der Waals surface area (Å²) in [5, 5.41) is 0. The molecule has 1 atom stereocenters. The lowest BCUT2D eigenvalue weighted by Crippen LogP contribution is -2.54. The summed E-state index contributed by atoms with van der Waals surface area (Å²) in [6.07, 6.45) is 2.32. The zero-order valence-electron chi connectivity index (χ0n) is 12.9. The van der Waals surface area contributed by atoms with E-state index >= 15 is 0 Å². The van der Waals surface area contributed by atoms with Gasteiger partial charge in [-0.1, -0.05) is 43.7 Å². The molecule has 1 amide bonds. The van der Waals surface area contributed by atoms with Crippen LogP contribution in [0.3, 0.4) is 0 Å². The Bertz CT molecular complexity index is 482. The second-order valence-electron chi connectivity index (χ2n) is 6.69. The van der Waals surface area contributed by atoms with E-state index in [-0.39, 0.29) is 17.4 Å². The molecule has 1 fully saturated rings. The Balaban J connectivity index is 1.89. The van der Waals surface area contributed by atoms with Gasteiger partial charge in [0.2, 0.25) is 5.91 Å². The number of carbonyl (C=O) groups excluding carboxylic acids is 1. The van der Waals surface area contributed by atoms with E-state index in [0.717, 1.165) is 25.9 Å². The van der Waals surface area contributed by atoms with Crippen LogP contribution in [0.25, 0.3) is 0 Å². The average Bonchev–Trinajstić information content (AvgIpc) is 2.39. The van der Waals surface area contributed by atoms with Gasteiger partial charge in [-0.3, -0.25) is 4.79 Å². The monoisotopic (exact) mass is 274 g/mol. The standard InChI is InChI=1S/C17H26N2O/c1-13-5-4-6-14(11-13)7-8-16(20)19-10-9-15(18)17(2,3)12-19/h4-6,11,15H,7-10,12,18H2,1-3H3. The lowest BCUT2D eigenvalue weighted by molar-refractivity contribution is -0.134. The van der Waals surface area contributed by atoms with E-state index in [4.69, 9.17) is 5.73 Å². The highest BCUT2D eigenvalue weighted by molar-refractivity contribution is 5.76. The number of nitrogens with zero attached hydrogens (tertiary/aromatic N) is 1. The molecule has 0 radical (unpaired) electrons. The molecule has 3 heteroatoms. The number of aryl methyl sites for hydroxylation is 2.